The molecule has 8 heteroatoms. The molecule has 1 aliphatic carbocycles. The van der Waals surface area contributed by atoms with Crippen molar-refractivity contribution in [2.45, 2.75) is 44.8 Å². The number of methoxy groups -OCH3 is 1. The van der Waals surface area contributed by atoms with Crippen molar-refractivity contribution in [2.75, 3.05) is 53.0 Å². The van der Waals surface area contributed by atoms with Gasteiger partial charge >= 0.3 is 0 Å². The number of amides is 2. The van der Waals surface area contributed by atoms with Crippen LogP contribution in [0, 0.1) is 11.7 Å². The lowest BCUT2D eigenvalue weighted by atomic mass is 9.87. The van der Waals surface area contributed by atoms with Crippen molar-refractivity contribution < 1.29 is 23.5 Å². The molecule has 2 aromatic carbocycles. The van der Waals surface area contributed by atoms with Gasteiger partial charge in [0.15, 0.2) is 6.10 Å². The van der Waals surface area contributed by atoms with E-state index in [-0.39, 0.29) is 29.6 Å². The third kappa shape index (κ3) is 5.86. The standard InChI is InChI=1S/C30H38FN3O4/c1-3-27(30(36)33-16-14-32(15-17-33)18-19-37-2)38-25-11-8-21-12-13-34(29(35)23-4-5-23)28(26(21)20-25)22-6-9-24(31)10-7-22/h6-11,20,23,27-28H,3-5,12-19H2,1-2H3/t27-,28+/m0/s1. The van der Waals surface area contributed by atoms with E-state index in [1.807, 2.05) is 34.9 Å². The zero-order chi connectivity index (χ0) is 26.6. The van der Waals surface area contributed by atoms with E-state index in [9.17, 15) is 14.0 Å². The Morgan fingerprint density at radius 3 is 2.42 bits per heavy atom. The second-order valence-electron chi connectivity index (χ2n) is 10.5. The maximum absolute atomic E-state index is 13.8. The first kappa shape index (κ1) is 26.6. The summed E-state index contributed by atoms with van der Waals surface area (Å²) in [4.78, 5) is 32.7. The minimum absolute atomic E-state index is 0.0113. The molecule has 204 valence electrons. The van der Waals surface area contributed by atoms with E-state index in [2.05, 4.69) is 4.90 Å². The first-order valence-corrected chi connectivity index (χ1v) is 13.8. The Morgan fingerprint density at radius 2 is 1.76 bits per heavy atom. The first-order chi connectivity index (χ1) is 18.5. The molecule has 0 bridgehead atoms. The highest BCUT2D eigenvalue weighted by Gasteiger charge is 2.40. The average molecular weight is 524 g/mol. The van der Waals surface area contributed by atoms with Crippen LogP contribution < -0.4 is 4.74 Å². The van der Waals surface area contributed by atoms with Crippen LogP contribution in [0.5, 0.6) is 5.75 Å². The smallest absolute Gasteiger partial charge is 0.263 e. The maximum Gasteiger partial charge on any atom is 0.263 e. The summed E-state index contributed by atoms with van der Waals surface area (Å²) in [6.07, 6.45) is 2.61. The fourth-order valence-electron chi connectivity index (χ4n) is 5.56. The molecule has 3 aliphatic rings. The van der Waals surface area contributed by atoms with Gasteiger partial charge in [-0.2, -0.15) is 0 Å². The molecular formula is C30H38FN3O4. The highest BCUT2D eigenvalue weighted by atomic mass is 19.1. The summed E-state index contributed by atoms with van der Waals surface area (Å²) >= 11 is 0. The quantitative estimate of drug-likeness (QED) is 0.502. The van der Waals surface area contributed by atoms with Crippen LogP contribution in [-0.4, -0.2) is 85.6 Å². The molecule has 1 saturated heterocycles. The van der Waals surface area contributed by atoms with Crippen LogP contribution >= 0.6 is 0 Å². The highest BCUT2D eigenvalue weighted by molar-refractivity contribution is 5.83. The van der Waals surface area contributed by atoms with Gasteiger partial charge in [0.05, 0.1) is 12.6 Å². The van der Waals surface area contributed by atoms with E-state index >= 15 is 0 Å². The Morgan fingerprint density at radius 1 is 1.03 bits per heavy atom. The van der Waals surface area contributed by atoms with Crippen LogP contribution in [0.1, 0.15) is 48.9 Å². The summed E-state index contributed by atoms with van der Waals surface area (Å²) in [6, 6.07) is 12.1. The number of carbonyl (C=O) groups excluding carboxylic acids is 2. The fourth-order valence-corrected chi connectivity index (χ4v) is 5.56. The molecule has 0 N–H and O–H groups in total. The monoisotopic (exact) mass is 523 g/mol. The average Bonchev–Trinajstić information content (AvgIpc) is 3.80. The fraction of sp³-hybridized carbons (Fsp3) is 0.533. The number of hydrogen-bond donors (Lipinski definition) is 0. The number of hydrogen-bond acceptors (Lipinski definition) is 5. The van der Waals surface area contributed by atoms with Crippen molar-refractivity contribution in [3.63, 3.8) is 0 Å². The van der Waals surface area contributed by atoms with Crippen LogP contribution in [0.15, 0.2) is 42.5 Å². The summed E-state index contributed by atoms with van der Waals surface area (Å²) in [5, 5.41) is 0. The largest absolute Gasteiger partial charge is 0.481 e. The lowest BCUT2D eigenvalue weighted by Crippen LogP contribution is -2.52. The number of piperazine rings is 1. The Hall–Kier alpha value is -2.97. The highest BCUT2D eigenvalue weighted by Crippen LogP contribution is 2.41. The maximum atomic E-state index is 13.8. The van der Waals surface area contributed by atoms with Gasteiger partial charge in [-0.25, -0.2) is 4.39 Å². The van der Waals surface area contributed by atoms with E-state index in [0.29, 0.717) is 38.4 Å². The summed E-state index contributed by atoms with van der Waals surface area (Å²) in [7, 11) is 1.70. The molecule has 7 nitrogen and oxygen atoms in total. The van der Waals surface area contributed by atoms with Gasteiger partial charge in [-0.1, -0.05) is 25.1 Å². The molecule has 0 radical (unpaired) electrons. The van der Waals surface area contributed by atoms with E-state index in [4.69, 9.17) is 9.47 Å². The van der Waals surface area contributed by atoms with Crippen molar-refractivity contribution in [2.24, 2.45) is 5.92 Å². The zero-order valence-corrected chi connectivity index (χ0v) is 22.4. The van der Waals surface area contributed by atoms with Crippen LogP contribution in [0.3, 0.4) is 0 Å². The Labute approximate surface area is 224 Å². The van der Waals surface area contributed by atoms with Crippen LogP contribution in [-0.2, 0) is 20.7 Å². The Kier molecular flexibility index (Phi) is 8.29. The van der Waals surface area contributed by atoms with Gasteiger partial charge in [0.2, 0.25) is 5.91 Å². The number of halogens is 1. The minimum atomic E-state index is -0.573. The van der Waals surface area contributed by atoms with Crippen molar-refractivity contribution >= 4 is 11.8 Å². The normalized spacial score (nSPS) is 20.7. The predicted molar refractivity (Wildman–Crippen MR) is 142 cm³/mol. The lowest BCUT2D eigenvalue weighted by Gasteiger charge is -2.38. The van der Waals surface area contributed by atoms with Crippen molar-refractivity contribution in [3.05, 3.63) is 65.0 Å². The number of fused-ring (bicyclic) bond motifs is 1. The second-order valence-corrected chi connectivity index (χ2v) is 10.5. The molecule has 0 unspecified atom stereocenters. The molecule has 38 heavy (non-hydrogen) atoms. The van der Waals surface area contributed by atoms with Crippen molar-refractivity contribution in [3.8, 4) is 5.75 Å². The van der Waals surface area contributed by atoms with Gasteiger partial charge in [-0.05, 0) is 66.6 Å². The molecule has 2 aromatic rings. The van der Waals surface area contributed by atoms with Gasteiger partial charge in [-0.3, -0.25) is 14.5 Å². The molecule has 5 rings (SSSR count). The van der Waals surface area contributed by atoms with E-state index in [1.54, 1.807) is 19.2 Å². The van der Waals surface area contributed by atoms with E-state index in [1.165, 1.54) is 12.1 Å². The van der Waals surface area contributed by atoms with E-state index < -0.39 is 6.10 Å². The van der Waals surface area contributed by atoms with Gasteiger partial charge in [0.1, 0.15) is 11.6 Å². The summed E-state index contributed by atoms with van der Waals surface area (Å²) in [5.41, 5.74) is 3.02. The van der Waals surface area contributed by atoms with Gasteiger partial charge < -0.3 is 19.3 Å². The number of rotatable bonds is 9. The molecular weight excluding hydrogens is 485 g/mol. The molecule has 2 aliphatic heterocycles. The summed E-state index contributed by atoms with van der Waals surface area (Å²) in [6.45, 7) is 7.18. The number of carbonyl (C=O) groups is 2. The Bertz CT molecular complexity index is 1130. The van der Waals surface area contributed by atoms with Gasteiger partial charge in [-0.15, -0.1) is 0 Å². The number of nitrogens with zero attached hydrogens (tertiary/aromatic N) is 3. The van der Waals surface area contributed by atoms with Crippen LogP contribution in [0.4, 0.5) is 4.39 Å². The van der Waals surface area contributed by atoms with Gasteiger partial charge in [0.25, 0.3) is 5.91 Å². The molecule has 0 aromatic heterocycles. The third-order valence-corrected chi connectivity index (χ3v) is 7.96. The van der Waals surface area contributed by atoms with Crippen molar-refractivity contribution in [1.82, 2.24) is 14.7 Å². The van der Waals surface area contributed by atoms with E-state index in [0.717, 1.165) is 55.6 Å². The summed E-state index contributed by atoms with van der Waals surface area (Å²) in [5.74, 6) is 0.594. The number of benzene rings is 2. The lowest BCUT2D eigenvalue weighted by molar-refractivity contribution is -0.140. The zero-order valence-electron chi connectivity index (χ0n) is 22.4. The summed E-state index contributed by atoms with van der Waals surface area (Å²) < 4.78 is 25.2. The molecule has 2 heterocycles. The van der Waals surface area contributed by atoms with Crippen LogP contribution in [0.25, 0.3) is 0 Å². The Balaban J connectivity index is 1.34. The first-order valence-electron chi connectivity index (χ1n) is 13.8. The molecule has 0 spiro atoms. The number of ether oxygens (including phenoxy) is 2. The SMILES string of the molecule is CC[C@H](Oc1ccc2c(c1)[C@@H](c1ccc(F)cc1)N(C(=O)C1CC1)CC2)C(=O)N1CCN(CCOC)CC1. The van der Waals surface area contributed by atoms with Gasteiger partial charge in [0, 0.05) is 52.3 Å². The second kappa shape index (κ2) is 11.8. The molecule has 2 fully saturated rings. The van der Waals surface area contributed by atoms with Crippen LogP contribution in [0.2, 0.25) is 0 Å². The minimum Gasteiger partial charge on any atom is -0.481 e. The topological polar surface area (TPSA) is 62.3 Å². The van der Waals surface area contributed by atoms with Crippen molar-refractivity contribution in [1.29, 1.82) is 0 Å². The molecule has 2 amide bonds. The predicted octanol–water partition coefficient (Wildman–Crippen LogP) is 3.66. The molecule has 2 atom stereocenters. The molecule has 1 saturated carbocycles. The third-order valence-electron chi connectivity index (χ3n) is 7.96.